The van der Waals surface area contributed by atoms with Gasteiger partial charge in [-0.05, 0) is 67.1 Å². The van der Waals surface area contributed by atoms with Crippen LogP contribution in [0.5, 0.6) is 17.5 Å². The molecule has 2 aromatic carbocycles. The molecular weight excluding hydrogens is 468 g/mol. The molecule has 0 atom stereocenters. The van der Waals surface area contributed by atoms with Gasteiger partial charge in [-0.25, -0.2) is 4.57 Å². The van der Waals surface area contributed by atoms with Crippen molar-refractivity contribution < 1.29 is 15.3 Å². The number of nitrogens with one attached hydrogen (secondary N) is 1. The van der Waals surface area contributed by atoms with Crippen molar-refractivity contribution >= 4 is 0 Å². The number of phenolic OH excluding ortho intramolecular Hbond substituents is 2. The highest BCUT2D eigenvalue weighted by atomic mass is 16.3. The van der Waals surface area contributed by atoms with Gasteiger partial charge < -0.3 is 25.5 Å². The Morgan fingerprint density at radius 2 is 1.57 bits per heavy atom. The molecule has 0 saturated carbocycles. The predicted molar refractivity (Wildman–Crippen MR) is 143 cm³/mol. The van der Waals surface area contributed by atoms with Gasteiger partial charge in [-0.15, -0.1) is 5.10 Å². The second-order valence-electron chi connectivity index (χ2n) is 10.7. The first-order valence-electron chi connectivity index (χ1n) is 13.3. The quantitative estimate of drug-likeness (QED) is 0.387. The van der Waals surface area contributed by atoms with Crippen LogP contribution in [0, 0.1) is 5.92 Å². The summed E-state index contributed by atoms with van der Waals surface area (Å²) in [6.45, 7) is 12.7. The van der Waals surface area contributed by atoms with Crippen LogP contribution in [-0.2, 0) is 6.54 Å². The zero-order valence-corrected chi connectivity index (χ0v) is 21.8. The van der Waals surface area contributed by atoms with Crippen LogP contribution in [0.15, 0.2) is 36.4 Å². The van der Waals surface area contributed by atoms with E-state index in [-0.39, 0.29) is 23.4 Å². The van der Waals surface area contributed by atoms with Crippen LogP contribution >= 0.6 is 0 Å². The second-order valence-corrected chi connectivity index (χ2v) is 10.7. The first kappa shape index (κ1) is 25.5. The highest BCUT2D eigenvalue weighted by Gasteiger charge is 2.23. The lowest BCUT2D eigenvalue weighted by Crippen LogP contribution is -2.48. The van der Waals surface area contributed by atoms with Gasteiger partial charge in [-0.3, -0.25) is 4.90 Å². The van der Waals surface area contributed by atoms with E-state index in [0.29, 0.717) is 22.6 Å². The maximum Gasteiger partial charge on any atom is 0.319 e. The lowest BCUT2D eigenvalue weighted by Gasteiger charge is -2.37. The van der Waals surface area contributed by atoms with Gasteiger partial charge in [0.2, 0.25) is 0 Å². The van der Waals surface area contributed by atoms with Crippen LogP contribution in [0.3, 0.4) is 0 Å². The summed E-state index contributed by atoms with van der Waals surface area (Å²) in [6.07, 6.45) is 2.59. The zero-order valence-electron chi connectivity index (χ0n) is 21.8. The Morgan fingerprint density at radius 1 is 0.892 bits per heavy atom. The van der Waals surface area contributed by atoms with Gasteiger partial charge in [0, 0.05) is 45.3 Å². The van der Waals surface area contributed by atoms with Crippen LogP contribution in [0.4, 0.5) is 0 Å². The number of nitrogens with zero attached hydrogens (tertiary/aromatic N) is 5. The lowest BCUT2D eigenvalue weighted by molar-refractivity contribution is 0.107. The van der Waals surface area contributed by atoms with Crippen molar-refractivity contribution in [2.75, 3.05) is 45.8 Å². The maximum absolute atomic E-state index is 10.5. The molecular formula is C28H38N6O3. The molecule has 2 aliphatic heterocycles. The average Bonchev–Trinajstić information content (AvgIpc) is 3.27. The molecule has 5 rings (SSSR count). The molecule has 9 nitrogen and oxygen atoms in total. The fourth-order valence-electron chi connectivity index (χ4n) is 5.49. The van der Waals surface area contributed by atoms with Crippen molar-refractivity contribution in [1.82, 2.24) is 29.9 Å². The van der Waals surface area contributed by atoms with E-state index in [4.69, 9.17) is 0 Å². The molecule has 0 radical (unpaired) electrons. The van der Waals surface area contributed by atoms with Crippen LogP contribution in [-0.4, -0.2) is 85.7 Å². The van der Waals surface area contributed by atoms with Gasteiger partial charge in [0.25, 0.3) is 0 Å². The Bertz CT molecular complexity index is 1200. The minimum atomic E-state index is -0.258. The summed E-state index contributed by atoms with van der Waals surface area (Å²) < 4.78 is 1.51. The molecule has 0 bridgehead atoms. The van der Waals surface area contributed by atoms with Crippen LogP contribution in [0.2, 0.25) is 0 Å². The molecule has 0 amide bonds. The van der Waals surface area contributed by atoms with E-state index >= 15 is 0 Å². The number of hydrogen-bond acceptors (Lipinski definition) is 8. The van der Waals surface area contributed by atoms with E-state index in [1.165, 1.54) is 35.6 Å². The van der Waals surface area contributed by atoms with Gasteiger partial charge in [0.1, 0.15) is 11.5 Å². The van der Waals surface area contributed by atoms with Crippen LogP contribution in [0.1, 0.15) is 43.7 Å². The Kier molecular flexibility index (Phi) is 7.64. The second kappa shape index (κ2) is 11.1. The zero-order chi connectivity index (χ0) is 25.9. The number of rotatable bonds is 7. The van der Waals surface area contributed by atoms with E-state index in [2.05, 4.69) is 37.4 Å². The molecule has 0 aliphatic carbocycles. The number of aromatic hydroxyl groups is 3. The number of benzene rings is 2. The predicted octanol–water partition coefficient (Wildman–Crippen LogP) is 3.29. The van der Waals surface area contributed by atoms with Gasteiger partial charge in [0.05, 0.1) is 11.3 Å². The Labute approximate surface area is 218 Å². The average molecular weight is 507 g/mol. The van der Waals surface area contributed by atoms with Crippen LogP contribution < -0.4 is 5.32 Å². The number of piperazine rings is 1. The normalized spacial score (nSPS) is 18.0. The highest BCUT2D eigenvalue weighted by Crippen LogP contribution is 2.38. The van der Waals surface area contributed by atoms with E-state index in [0.717, 1.165) is 51.7 Å². The standard InChI is InChI=1S/C28H38N6O3/c1-19(2)23-15-24(26(36)16-25(23)35)27-30-31-28(37)34(27)22-5-3-20(4-6-22)17-32-11-13-33(14-12-32)18-21-7-9-29-10-8-21/h3-6,15-16,19,21,29,35-36H,7-14,17-18H2,1-2H3,(H,31,37). The van der Waals surface area contributed by atoms with Crippen LogP contribution in [0.25, 0.3) is 17.1 Å². The molecule has 3 aromatic rings. The summed E-state index contributed by atoms with van der Waals surface area (Å²) in [4.78, 5) is 5.12. The van der Waals surface area contributed by atoms with Crippen molar-refractivity contribution in [3.05, 3.63) is 47.5 Å². The van der Waals surface area contributed by atoms with E-state index < -0.39 is 0 Å². The molecule has 37 heavy (non-hydrogen) atoms. The monoisotopic (exact) mass is 506 g/mol. The summed E-state index contributed by atoms with van der Waals surface area (Å²) >= 11 is 0. The summed E-state index contributed by atoms with van der Waals surface area (Å²) in [5.74, 6) is 1.11. The van der Waals surface area contributed by atoms with E-state index in [1.54, 1.807) is 6.07 Å². The Morgan fingerprint density at radius 3 is 2.24 bits per heavy atom. The molecule has 3 heterocycles. The summed E-state index contributed by atoms with van der Waals surface area (Å²) in [5.41, 5.74) is 3.00. The third kappa shape index (κ3) is 5.74. The molecule has 198 valence electrons. The number of aromatic nitrogens is 3. The largest absolute Gasteiger partial charge is 0.508 e. The molecule has 2 aliphatic rings. The topological polar surface area (TPSA) is 110 Å². The molecule has 2 fully saturated rings. The summed E-state index contributed by atoms with van der Waals surface area (Å²) in [5, 5.41) is 42.7. The number of phenols is 2. The minimum Gasteiger partial charge on any atom is -0.508 e. The van der Waals surface area contributed by atoms with Crippen molar-refractivity contribution in [2.24, 2.45) is 5.92 Å². The van der Waals surface area contributed by atoms with Gasteiger partial charge >= 0.3 is 6.01 Å². The smallest absolute Gasteiger partial charge is 0.319 e. The fourth-order valence-corrected chi connectivity index (χ4v) is 5.49. The first-order valence-corrected chi connectivity index (χ1v) is 13.3. The van der Waals surface area contributed by atoms with Crippen molar-refractivity contribution in [3.8, 4) is 34.6 Å². The fraction of sp³-hybridized carbons (Fsp3) is 0.500. The van der Waals surface area contributed by atoms with Gasteiger partial charge in [-0.1, -0.05) is 31.1 Å². The minimum absolute atomic E-state index is 0.0306. The molecule has 9 heteroatoms. The molecule has 0 unspecified atom stereocenters. The molecule has 4 N–H and O–H groups in total. The third-order valence-corrected chi connectivity index (χ3v) is 7.69. The van der Waals surface area contributed by atoms with E-state index in [9.17, 15) is 15.3 Å². The van der Waals surface area contributed by atoms with Gasteiger partial charge in [0.15, 0.2) is 5.82 Å². The Hall–Kier alpha value is -3.14. The van der Waals surface area contributed by atoms with E-state index in [1.807, 2.05) is 26.0 Å². The highest BCUT2D eigenvalue weighted by molar-refractivity contribution is 5.69. The Balaban J connectivity index is 1.26. The molecule has 1 aromatic heterocycles. The number of piperidine rings is 1. The van der Waals surface area contributed by atoms with Crippen molar-refractivity contribution in [3.63, 3.8) is 0 Å². The lowest BCUT2D eigenvalue weighted by atomic mass is 9.97. The van der Waals surface area contributed by atoms with Crippen molar-refractivity contribution in [2.45, 2.75) is 39.2 Å². The maximum atomic E-state index is 10.5. The van der Waals surface area contributed by atoms with Crippen molar-refractivity contribution in [1.29, 1.82) is 0 Å². The van der Waals surface area contributed by atoms with Gasteiger partial charge in [-0.2, -0.15) is 0 Å². The molecule has 2 saturated heterocycles. The third-order valence-electron chi connectivity index (χ3n) is 7.69. The number of hydrogen-bond donors (Lipinski definition) is 4. The first-order chi connectivity index (χ1) is 17.9. The molecule has 0 spiro atoms. The summed E-state index contributed by atoms with van der Waals surface area (Å²) in [7, 11) is 0. The SMILES string of the molecule is CC(C)c1cc(-c2nnc(O)n2-c2ccc(CN3CCN(CC4CCNCC4)CC3)cc2)c(O)cc1O. The summed E-state index contributed by atoms with van der Waals surface area (Å²) in [6, 6.07) is 10.8.